The largest absolute Gasteiger partial charge is 0.479 e. The topological polar surface area (TPSA) is 154 Å². The third-order valence-electron chi connectivity index (χ3n) is 6.27. The molecule has 1 aliphatic carbocycles. The van der Waals surface area contributed by atoms with E-state index in [2.05, 4.69) is 22.5 Å². The van der Waals surface area contributed by atoms with Crippen LogP contribution in [-0.4, -0.2) is 78.1 Å². The first-order chi connectivity index (χ1) is 18.7. The fraction of sp³-hybridized carbons (Fsp3) is 0.321. The highest BCUT2D eigenvalue weighted by Gasteiger charge is 2.36. The van der Waals surface area contributed by atoms with Crippen LogP contribution < -0.4 is 16.0 Å². The monoisotopic (exact) mass is 536 g/mol. The van der Waals surface area contributed by atoms with Gasteiger partial charge in [-0.15, -0.1) is 6.58 Å². The number of benzene rings is 2. The van der Waals surface area contributed by atoms with Crippen molar-refractivity contribution in [2.75, 3.05) is 13.2 Å². The molecule has 3 rings (SSSR count). The Bertz CT molecular complexity index is 1190. The minimum absolute atomic E-state index is 0.0173. The Hall–Kier alpha value is -4.35. The number of hydrogen-bond acceptors (Lipinski definition) is 8. The summed E-state index contributed by atoms with van der Waals surface area (Å²) in [5.74, 6) is -2.53. The Morgan fingerprint density at radius 3 is 2.03 bits per heavy atom. The number of carboxylic acid groups (broad SMARTS) is 1. The molecule has 0 unspecified atom stereocenters. The summed E-state index contributed by atoms with van der Waals surface area (Å²) >= 11 is 0. The minimum Gasteiger partial charge on any atom is -0.479 e. The second-order valence-corrected chi connectivity index (χ2v) is 9.11. The molecule has 0 aliphatic heterocycles. The normalized spacial score (nSPS) is 15.0. The van der Waals surface area contributed by atoms with Crippen LogP contribution in [0.4, 0.5) is 4.79 Å². The zero-order chi connectivity index (χ0) is 28.5. The molecule has 206 valence electrons. The van der Waals surface area contributed by atoms with E-state index in [1.54, 1.807) is 0 Å². The van der Waals surface area contributed by atoms with Crippen LogP contribution >= 0.6 is 0 Å². The van der Waals surface area contributed by atoms with Crippen molar-refractivity contribution in [3.05, 3.63) is 72.3 Å². The fourth-order valence-corrected chi connectivity index (χ4v) is 4.45. The number of aldehydes is 2. The van der Waals surface area contributed by atoms with Crippen LogP contribution in [0.1, 0.15) is 30.9 Å². The fourth-order valence-electron chi connectivity index (χ4n) is 4.45. The molecule has 4 atom stereocenters. The van der Waals surface area contributed by atoms with Crippen LogP contribution in [0.2, 0.25) is 0 Å². The van der Waals surface area contributed by atoms with Crippen LogP contribution in [0.15, 0.2) is 61.2 Å². The highest BCUT2D eigenvalue weighted by molar-refractivity contribution is 5.89. The molecule has 2 aromatic rings. The van der Waals surface area contributed by atoms with E-state index in [4.69, 9.17) is 4.74 Å². The summed E-state index contributed by atoms with van der Waals surface area (Å²) in [6, 6.07) is 13.9. The molecule has 39 heavy (non-hydrogen) atoms. The van der Waals surface area contributed by atoms with Crippen LogP contribution in [0.25, 0.3) is 11.1 Å². The van der Waals surface area contributed by atoms with E-state index >= 15 is 0 Å². The van der Waals surface area contributed by atoms with E-state index < -0.39 is 42.4 Å². The Labute approximate surface area is 226 Å². The third-order valence-corrected chi connectivity index (χ3v) is 6.27. The summed E-state index contributed by atoms with van der Waals surface area (Å²) in [5.41, 5.74) is 4.11. The van der Waals surface area contributed by atoms with Gasteiger partial charge in [0, 0.05) is 12.5 Å². The van der Waals surface area contributed by atoms with E-state index in [0.717, 1.165) is 27.2 Å². The maximum atomic E-state index is 13.5. The first kappa shape index (κ1) is 29.2. The molecule has 0 aromatic heterocycles. The highest BCUT2D eigenvalue weighted by Crippen LogP contribution is 2.44. The van der Waals surface area contributed by atoms with Gasteiger partial charge in [-0.25, -0.2) is 9.59 Å². The summed E-state index contributed by atoms with van der Waals surface area (Å²) in [6.07, 6.45) is -1.76. The second kappa shape index (κ2) is 13.4. The maximum absolute atomic E-state index is 13.5. The van der Waals surface area contributed by atoms with Crippen LogP contribution in [0.3, 0.4) is 0 Å². The quantitative estimate of drug-likeness (QED) is 0.160. The number of hydrogen-bond donors (Lipinski definition) is 4. The lowest BCUT2D eigenvalue weighted by molar-refractivity contribution is -0.153. The van der Waals surface area contributed by atoms with Gasteiger partial charge in [-0.05, 0) is 36.1 Å². The number of fused-ring (bicyclic) bond motifs is 3. The maximum Gasteiger partial charge on any atom is 0.408 e. The number of aliphatic carboxylic acids is 1. The van der Waals surface area contributed by atoms with E-state index in [1.807, 2.05) is 48.5 Å². The molecule has 0 saturated carbocycles. The number of nitrogens with zero attached hydrogens (tertiary/aromatic N) is 1. The molecule has 0 bridgehead atoms. The lowest BCUT2D eigenvalue weighted by Crippen LogP contribution is -2.64. The molecule has 11 heteroatoms. The van der Waals surface area contributed by atoms with Gasteiger partial charge in [-0.2, -0.15) is 0 Å². The number of amides is 2. The Balaban J connectivity index is 1.79. The van der Waals surface area contributed by atoms with Gasteiger partial charge < -0.3 is 24.3 Å². The van der Waals surface area contributed by atoms with Crippen molar-refractivity contribution in [2.45, 2.75) is 44.2 Å². The molecule has 0 fully saturated rings. The number of alkyl carbamates (subject to hydrolysis) is 1. The van der Waals surface area contributed by atoms with Gasteiger partial charge in [0.2, 0.25) is 0 Å². The summed E-state index contributed by atoms with van der Waals surface area (Å²) < 4.78 is 5.52. The van der Waals surface area contributed by atoms with E-state index in [0.29, 0.717) is 12.6 Å². The van der Waals surface area contributed by atoms with E-state index in [1.165, 1.54) is 19.9 Å². The van der Waals surface area contributed by atoms with Gasteiger partial charge >= 0.3 is 12.1 Å². The van der Waals surface area contributed by atoms with Crippen molar-refractivity contribution in [1.82, 2.24) is 20.9 Å². The smallest absolute Gasteiger partial charge is 0.408 e. The number of carbonyl (C=O) groups is 5. The van der Waals surface area contributed by atoms with Crippen molar-refractivity contribution < 1.29 is 33.8 Å². The molecule has 0 spiro atoms. The van der Waals surface area contributed by atoms with E-state index in [-0.39, 0.29) is 19.1 Å². The summed E-state index contributed by atoms with van der Waals surface area (Å²) in [5, 5.41) is 17.3. The Morgan fingerprint density at radius 1 is 0.974 bits per heavy atom. The number of carbonyl (C=O) groups excluding carboxylic acids is 4. The van der Waals surface area contributed by atoms with Crippen molar-refractivity contribution in [2.24, 2.45) is 0 Å². The van der Waals surface area contributed by atoms with Crippen LogP contribution in [0.5, 0.6) is 0 Å². The third kappa shape index (κ3) is 6.95. The van der Waals surface area contributed by atoms with Gasteiger partial charge in [0.05, 0.1) is 12.1 Å². The predicted octanol–water partition coefficient (Wildman–Crippen LogP) is 1.63. The summed E-state index contributed by atoms with van der Waals surface area (Å²) in [4.78, 5) is 61.6. The average Bonchev–Trinajstić information content (AvgIpc) is 3.26. The molecule has 0 heterocycles. The lowest BCUT2D eigenvalue weighted by Gasteiger charge is -2.33. The minimum atomic E-state index is -1.61. The molecule has 2 aromatic carbocycles. The summed E-state index contributed by atoms with van der Waals surface area (Å²) in [7, 11) is 0. The van der Waals surface area contributed by atoms with Crippen molar-refractivity contribution in [3.8, 4) is 11.1 Å². The SMILES string of the molecule is C=CCN(C(=O)[C@H](NC(=O)OCC1c2ccccc2-c2ccccc21)N[C@@H](C)C=O)[C@H](N[C@@H](C)C=O)C(=O)O. The van der Waals surface area contributed by atoms with E-state index in [9.17, 15) is 29.1 Å². The highest BCUT2D eigenvalue weighted by atomic mass is 16.5. The van der Waals surface area contributed by atoms with Gasteiger partial charge in [0.15, 0.2) is 12.3 Å². The van der Waals surface area contributed by atoms with Crippen molar-refractivity contribution in [3.63, 3.8) is 0 Å². The molecular formula is C28H32N4O7. The first-order valence-electron chi connectivity index (χ1n) is 12.4. The molecule has 4 N–H and O–H groups in total. The average molecular weight is 537 g/mol. The Morgan fingerprint density at radius 2 is 1.51 bits per heavy atom. The predicted molar refractivity (Wildman–Crippen MR) is 143 cm³/mol. The first-order valence-corrected chi connectivity index (χ1v) is 12.4. The van der Waals surface area contributed by atoms with Crippen molar-refractivity contribution >= 4 is 30.5 Å². The molecule has 0 saturated heterocycles. The van der Waals surface area contributed by atoms with Crippen molar-refractivity contribution in [1.29, 1.82) is 0 Å². The Kier molecular flexibility index (Phi) is 10.1. The number of ether oxygens (including phenoxy) is 1. The number of rotatable bonds is 14. The number of nitrogens with one attached hydrogen (secondary N) is 3. The number of carboxylic acids is 1. The van der Waals surface area contributed by atoms with Crippen LogP contribution in [-0.2, 0) is 23.9 Å². The van der Waals surface area contributed by atoms with Gasteiger partial charge in [0.25, 0.3) is 5.91 Å². The summed E-state index contributed by atoms with van der Waals surface area (Å²) in [6.45, 7) is 6.21. The zero-order valence-electron chi connectivity index (χ0n) is 21.7. The second-order valence-electron chi connectivity index (χ2n) is 9.11. The van der Waals surface area contributed by atoms with Gasteiger partial charge in [0.1, 0.15) is 19.2 Å². The van der Waals surface area contributed by atoms with Gasteiger partial charge in [-0.1, -0.05) is 54.6 Å². The lowest BCUT2D eigenvalue weighted by atomic mass is 9.98. The molecule has 0 radical (unpaired) electrons. The molecule has 11 nitrogen and oxygen atoms in total. The zero-order valence-corrected chi connectivity index (χ0v) is 21.7. The molecule has 1 aliphatic rings. The van der Waals surface area contributed by atoms with Gasteiger partial charge in [-0.3, -0.25) is 20.7 Å². The van der Waals surface area contributed by atoms with Crippen LogP contribution in [0, 0.1) is 0 Å². The molecular weight excluding hydrogens is 504 g/mol. The standard InChI is InChI=1S/C28H32N4O7/c1-4-13-32(25(27(36)37)30-18(3)15-34)26(35)24(29-17(2)14-33)31-28(38)39-16-23-21-11-7-5-9-19(21)20-10-6-8-12-22(20)23/h4-12,14-15,17-18,23-25,29-30H,1,13,16H2,2-3H3,(H,31,38)(H,36,37)/t17-,18-,24-,25-/m0/s1. The molecule has 2 amide bonds.